The van der Waals surface area contributed by atoms with Gasteiger partial charge in [0.25, 0.3) is 5.91 Å². The molecule has 1 aromatic carbocycles. The lowest BCUT2D eigenvalue weighted by atomic mass is 9.93. The van der Waals surface area contributed by atoms with Gasteiger partial charge in [0.05, 0.1) is 12.7 Å². The number of aromatic nitrogens is 2. The molecule has 1 aromatic heterocycles. The third kappa shape index (κ3) is 6.61. The molecule has 2 saturated carbocycles. The highest BCUT2D eigenvalue weighted by atomic mass is 31.2. The first-order chi connectivity index (χ1) is 18.2. The van der Waals surface area contributed by atoms with Crippen molar-refractivity contribution >= 4 is 25.5 Å². The summed E-state index contributed by atoms with van der Waals surface area (Å²) in [6.07, 6.45) is 4.14. The summed E-state index contributed by atoms with van der Waals surface area (Å²) in [7, 11) is -4.54. The van der Waals surface area contributed by atoms with Crippen molar-refractivity contribution in [1.29, 1.82) is 0 Å². The molecule has 2 aliphatic carbocycles. The summed E-state index contributed by atoms with van der Waals surface area (Å²) in [6.45, 7) is 4.21. The molecule has 206 valence electrons. The van der Waals surface area contributed by atoms with Crippen molar-refractivity contribution in [3.05, 3.63) is 41.3 Å². The van der Waals surface area contributed by atoms with E-state index in [1.807, 2.05) is 0 Å². The van der Waals surface area contributed by atoms with Crippen LogP contribution in [-0.4, -0.2) is 57.5 Å². The smallest absolute Gasteiger partial charge is 0.469 e. The molecule has 4 N–H and O–H groups in total. The van der Waals surface area contributed by atoms with Crippen LogP contribution in [0.1, 0.15) is 54.9 Å². The zero-order chi connectivity index (χ0) is 26.9. The van der Waals surface area contributed by atoms with Crippen LogP contribution in [0.15, 0.2) is 24.4 Å². The number of fused-ring (bicyclic) bond motifs is 1. The Morgan fingerprint density at radius 1 is 1.21 bits per heavy atom. The number of benzene rings is 1. The Hall–Kier alpha value is -2.79. The number of nitrogens with one attached hydrogen (secondary N) is 2. The van der Waals surface area contributed by atoms with Crippen molar-refractivity contribution in [3.63, 3.8) is 0 Å². The highest BCUT2D eigenvalue weighted by Gasteiger charge is 2.46. The average Bonchev–Trinajstić information content (AvgIpc) is 3.49. The van der Waals surface area contributed by atoms with Crippen molar-refractivity contribution in [2.45, 2.75) is 57.7 Å². The zero-order valence-electron chi connectivity index (χ0n) is 21.2. The van der Waals surface area contributed by atoms with Gasteiger partial charge in [0.15, 0.2) is 11.6 Å². The fourth-order valence-electron chi connectivity index (χ4n) is 5.27. The van der Waals surface area contributed by atoms with Gasteiger partial charge in [-0.1, -0.05) is 6.07 Å². The second-order valence-corrected chi connectivity index (χ2v) is 11.4. The first kappa shape index (κ1) is 26.8. The van der Waals surface area contributed by atoms with Crippen LogP contribution in [-0.2, 0) is 15.6 Å². The predicted octanol–water partition coefficient (Wildman–Crippen LogP) is 3.23. The molecule has 0 spiro atoms. The summed E-state index contributed by atoms with van der Waals surface area (Å²) in [5.41, 5.74) is 0.946. The Morgan fingerprint density at radius 2 is 1.95 bits per heavy atom. The summed E-state index contributed by atoms with van der Waals surface area (Å²) in [5.74, 6) is 1.69. The summed E-state index contributed by atoms with van der Waals surface area (Å²) in [6, 6.07) is 4.57. The van der Waals surface area contributed by atoms with Crippen LogP contribution < -0.4 is 20.3 Å². The van der Waals surface area contributed by atoms with E-state index >= 15 is 0 Å². The van der Waals surface area contributed by atoms with Crippen LogP contribution >= 0.6 is 7.82 Å². The predicted molar refractivity (Wildman–Crippen MR) is 137 cm³/mol. The SMILES string of the molecule is CCOc1ccc(CNc2nc(N3CC4CC4C3)ncc2C(=O)NC2CCC(OP(=O)(O)O)CC2)cc1F. The summed E-state index contributed by atoms with van der Waals surface area (Å²) < 4.78 is 35.5. The Kier molecular flexibility index (Phi) is 7.85. The molecule has 3 fully saturated rings. The molecule has 0 radical (unpaired) electrons. The summed E-state index contributed by atoms with van der Waals surface area (Å²) in [5, 5.41) is 6.18. The van der Waals surface area contributed by atoms with Gasteiger partial charge in [-0.2, -0.15) is 4.98 Å². The Bertz CT molecular complexity index is 1210. The number of nitrogens with zero attached hydrogens (tertiary/aromatic N) is 3. The maximum Gasteiger partial charge on any atom is 0.469 e. The largest absolute Gasteiger partial charge is 0.491 e. The average molecular weight is 550 g/mol. The molecule has 1 amide bonds. The number of phosphoric ester groups is 1. The highest BCUT2D eigenvalue weighted by Crippen LogP contribution is 2.45. The number of anilines is 2. The number of halogens is 1. The minimum absolute atomic E-state index is 0.169. The van der Waals surface area contributed by atoms with Crippen LogP contribution in [0.25, 0.3) is 0 Å². The Morgan fingerprint density at radius 3 is 2.61 bits per heavy atom. The molecule has 11 nitrogen and oxygen atoms in total. The molecule has 13 heteroatoms. The quantitative estimate of drug-likeness (QED) is 0.326. The lowest BCUT2D eigenvalue weighted by Crippen LogP contribution is -2.39. The van der Waals surface area contributed by atoms with Gasteiger partial charge in [0, 0.05) is 31.9 Å². The van der Waals surface area contributed by atoms with Crippen molar-refractivity contribution in [3.8, 4) is 5.75 Å². The Balaban J connectivity index is 1.27. The van der Waals surface area contributed by atoms with Gasteiger partial charge in [-0.05, 0) is 68.6 Å². The van der Waals surface area contributed by atoms with Crippen molar-refractivity contribution in [2.24, 2.45) is 11.8 Å². The fraction of sp³-hybridized carbons (Fsp3) is 0.560. The van der Waals surface area contributed by atoms with E-state index in [1.54, 1.807) is 19.1 Å². The van der Waals surface area contributed by atoms with Gasteiger partial charge in [-0.25, -0.2) is 13.9 Å². The molecule has 1 aliphatic heterocycles. The number of carbonyl (C=O) groups is 1. The first-order valence-corrected chi connectivity index (χ1v) is 14.5. The Labute approximate surface area is 220 Å². The number of rotatable bonds is 10. The van der Waals surface area contributed by atoms with E-state index < -0.39 is 19.7 Å². The van der Waals surface area contributed by atoms with Gasteiger partial charge in [0.2, 0.25) is 5.95 Å². The van der Waals surface area contributed by atoms with E-state index in [-0.39, 0.29) is 29.8 Å². The van der Waals surface area contributed by atoms with E-state index in [1.165, 1.54) is 18.7 Å². The van der Waals surface area contributed by atoms with Crippen LogP contribution in [0.3, 0.4) is 0 Å². The van der Waals surface area contributed by atoms with Gasteiger partial charge in [-0.15, -0.1) is 0 Å². The third-order valence-corrected chi connectivity index (χ3v) is 7.91. The van der Waals surface area contributed by atoms with Crippen molar-refractivity contribution in [2.75, 3.05) is 29.9 Å². The third-order valence-electron chi connectivity index (χ3n) is 7.33. The van der Waals surface area contributed by atoms with E-state index in [4.69, 9.17) is 19.0 Å². The summed E-state index contributed by atoms with van der Waals surface area (Å²) >= 11 is 0. The van der Waals surface area contributed by atoms with E-state index in [9.17, 15) is 13.8 Å². The molecule has 3 aliphatic rings. The topological polar surface area (TPSA) is 146 Å². The number of amides is 1. The highest BCUT2D eigenvalue weighted by molar-refractivity contribution is 7.46. The van der Waals surface area contributed by atoms with Crippen molar-refractivity contribution < 1.29 is 32.8 Å². The fourth-order valence-corrected chi connectivity index (χ4v) is 5.87. The van der Waals surface area contributed by atoms with E-state index in [2.05, 4.69) is 25.5 Å². The van der Waals surface area contributed by atoms with Gasteiger partial charge in [-0.3, -0.25) is 9.32 Å². The van der Waals surface area contributed by atoms with Crippen LogP contribution in [0.5, 0.6) is 5.75 Å². The number of hydrogen-bond donors (Lipinski definition) is 4. The lowest BCUT2D eigenvalue weighted by molar-refractivity contribution is 0.0820. The maximum atomic E-state index is 14.4. The molecule has 2 atom stereocenters. The maximum absolute atomic E-state index is 14.4. The zero-order valence-corrected chi connectivity index (χ0v) is 22.1. The van der Waals surface area contributed by atoms with E-state index in [0.29, 0.717) is 61.5 Å². The summed E-state index contributed by atoms with van der Waals surface area (Å²) in [4.78, 5) is 42.6. The van der Waals surface area contributed by atoms with Crippen LogP contribution in [0, 0.1) is 17.7 Å². The number of ether oxygens (including phenoxy) is 1. The van der Waals surface area contributed by atoms with Crippen molar-refractivity contribution in [1.82, 2.24) is 15.3 Å². The second-order valence-electron chi connectivity index (χ2n) is 10.2. The normalized spacial score (nSPS) is 24.6. The van der Waals surface area contributed by atoms with Gasteiger partial charge in [0.1, 0.15) is 11.4 Å². The molecular weight excluding hydrogens is 516 g/mol. The number of piperidine rings is 1. The molecule has 2 aromatic rings. The van der Waals surface area contributed by atoms with Crippen LogP contribution in [0.4, 0.5) is 16.2 Å². The molecule has 5 rings (SSSR count). The van der Waals surface area contributed by atoms with Gasteiger partial charge >= 0.3 is 7.82 Å². The minimum atomic E-state index is -4.54. The number of carbonyl (C=O) groups excluding carboxylic acids is 1. The minimum Gasteiger partial charge on any atom is -0.491 e. The second kappa shape index (κ2) is 11.1. The molecule has 0 bridgehead atoms. The monoisotopic (exact) mass is 549 g/mol. The molecule has 2 unspecified atom stereocenters. The lowest BCUT2D eigenvalue weighted by Gasteiger charge is -2.29. The molecule has 1 saturated heterocycles. The number of phosphoric acid groups is 1. The van der Waals surface area contributed by atoms with Crippen LogP contribution in [0.2, 0.25) is 0 Å². The molecule has 38 heavy (non-hydrogen) atoms. The standard InChI is InChI=1S/C25H33FN5O6P/c1-2-36-22-8-3-15(9-21(22)26)11-27-23-20(12-28-25(30-23)31-13-16-10-17(16)14-31)24(32)29-18-4-6-19(7-5-18)37-38(33,34)35/h3,8-9,12,16-19H,2,4-7,10-11,13-14H2,1H3,(H,29,32)(H,27,28,30)(H2,33,34,35). The van der Waals surface area contributed by atoms with E-state index in [0.717, 1.165) is 13.1 Å². The first-order valence-electron chi connectivity index (χ1n) is 13.0. The molecular formula is C25H33FN5O6P. The van der Waals surface area contributed by atoms with Gasteiger partial charge < -0.3 is 30.1 Å². The molecule has 2 heterocycles. The number of hydrogen-bond acceptors (Lipinski definition) is 8.